The Morgan fingerprint density at radius 2 is 1.81 bits per heavy atom. The van der Waals surface area contributed by atoms with Gasteiger partial charge in [-0.25, -0.2) is 17.8 Å². The lowest BCUT2D eigenvalue weighted by molar-refractivity contribution is -0.139. The minimum Gasteiger partial charge on any atom is -0.480 e. The molecule has 2 saturated heterocycles. The number of nitrogens with zero attached hydrogens (tertiary/aromatic N) is 3. The van der Waals surface area contributed by atoms with Crippen molar-refractivity contribution in [2.75, 3.05) is 30.7 Å². The first kappa shape index (κ1) is 22.5. The molecular weight excluding hydrogens is 435 g/mol. The molecule has 2 aliphatic heterocycles. The molecule has 2 aromatic rings. The number of anilines is 1. The van der Waals surface area contributed by atoms with Gasteiger partial charge < -0.3 is 9.64 Å². The number of benzene rings is 1. The van der Waals surface area contributed by atoms with Gasteiger partial charge in [-0.1, -0.05) is 12.1 Å². The third kappa shape index (κ3) is 5.36. The summed E-state index contributed by atoms with van der Waals surface area (Å²) < 4.78 is 44.4. The van der Waals surface area contributed by atoms with Crippen molar-refractivity contribution in [3.05, 3.63) is 53.5 Å². The van der Waals surface area contributed by atoms with Crippen molar-refractivity contribution in [1.82, 2.24) is 14.8 Å². The number of nitrogens with one attached hydrogen (secondary N) is 1. The van der Waals surface area contributed by atoms with Crippen LogP contribution in [-0.2, 0) is 21.4 Å². The van der Waals surface area contributed by atoms with Gasteiger partial charge in [0.15, 0.2) is 18.2 Å². The fourth-order valence-electron chi connectivity index (χ4n) is 4.50. The molecule has 0 aliphatic carbocycles. The maximum atomic E-state index is 13.2. The highest BCUT2D eigenvalue weighted by Crippen LogP contribution is 2.31. The number of fused-ring (bicyclic) bond motifs is 2. The molecule has 0 spiro atoms. The molecule has 4 rings (SSSR count). The van der Waals surface area contributed by atoms with Crippen LogP contribution in [-0.4, -0.2) is 67.1 Å². The molecule has 1 amide bonds. The Kier molecular flexibility index (Phi) is 6.34. The molecule has 2 aliphatic rings. The molecule has 1 N–H and O–H groups in total. The van der Waals surface area contributed by atoms with Gasteiger partial charge in [-0.2, -0.15) is 0 Å². The number of hydrogen-bond donors (Lipinski definition) is 1. The average molecular weight is 463 g/mol. The van der Waals surface area contributed by atoms with Gasteiger partial charge >= 0.3 is 0 Å². The highest BCUT2D eigenvalue weighted by molar-refractivity contribution is 7.92. The number of amides is 1. The smallest absolute Gasteiger partial charge is 0.261 e. The largest absolute Gasteiger partial charge is 0.480 e. The lowest BCUT2D eigenvalue weighted by Gasteiger charge is -2.41. The summed E-state index contributed by atoms with van der Waals surface area (Å²) in [4.78, 5) is 21.4. The van der Waals surface area contributed by atoms with Crippen LogP contribution in [0.1, 0.15) is 24.1 Å². The molecule has 2 bridgehead atoms. The van der Waals surface area contributed by atoms with Gasteiger partial charge in [0, 0.05) is 37.4 Å². The molecule has 32 heavy (non-hydrogen) atoms. The first-order chi connectivity index (χ1) is 15.2. The number of aromatic nitrogens is 1. The van der Waals surface area contributed by atoms with Gasteiger partial charge in [-0.05, 0) is 49.6 Å². The Bertz CT molecular complexity index is 1080. The third-order valence-electron chi connectivity index (χ3n) is 5.80. The first-order valence-corrected chi connectivity index (χ1v) is 12.4. The zero-order valence-corrected chi connectivity index (χ0v) is 18.9. The summed E-state index contributed by atoms with van der Waals surface area (Å²) in [6, 6.07) is 10.0. The highest BCUT2D eigenvalue weighted by Gasteiger charge is 2.42. The van der Waals surface area contributed by atoms with E-state index in [0.717, 1.165) is 44.3 Å². The van der Waals surface area contributed by atoms with Crippen molar-refractivity contribution in [2.45, 2.75) is 38.4 Å². The SMILES string of the molecule is Cc1ccc(OCC(=O)N2C3CCC2CN(Cc2ccc(F)cc2)C3)c(NS(C)(=O)=O)n1. The molecule has 3 heterocycles. The van der Waals surface area contributed by atoms with Gasteiger partial charge in [0.25, 0.3) is 5.91 Å². The zero-order chi connectivity index (χ0) is 22.9. The van der Waals surface area contributed by atoms with E-state index >= 15 is 0 Å². The van der Waals surface area contributed by atoms with Crippen LogP contribution < -0.4 is 9.46 Å². The summed E-state index contributed by atoms with van der Waals surface area (Å²) in [6.07, 6.45) is 2.90. The summed E-state index contributed by atoms with van der Waals surface area (Å²) in [5, 5.41) is 0. The fourth-order valence-corrected chi connectivity index (χ4v) is 5.00. The number of ether oxygens (including phenoxy) is 1. The van der Waals surface area contributed by atoms with Crippen molar-refractivity contribution in [2.24, 2.45) is 0 Å². The van der Waals surface area contributed by atoms with Crippen LogP contribution in [0, 0.1) is 12.7 Å². The topological polar surface area (TPSA) is 91.8 Å². The van der Waals surface area contributed by atoms with Crippen LogP contribution in [0.3, 0.4) is 0 Å². The second kappa shape index (κ2) is 9.03. The molecule has 0 radical (unpaired) electrons. The van der Waals surface area contributed by atoms with Crippen molar-refractivity contribution in [1.29, 1.82) is 0 Å². The molecule has 2 fully saturated rings. The summed E-state index contributed by atoms with van der Waals surface area (Å²) in [6.45, 7) is 3.79. The van der Waals surface area contributed by atoms with Gasteiger partial charge in [0.1, 0.15) is 5.82 Å². The summed E-state index contributed by atoms with van der Waals surface area (Å²) in [5.41, 5.74) is 1.68. The first-order valence-electron chi connectivity index (χ1n) is 10.5. The standard InChI is InChI=1S/C22H27FN4O4S/c1-15-3-10-20(22(24-15)25-32(2,29)30)31-14-21(28)27-18-8-9-19(27)13-26(12-18)11-16-4-6-17(23)7-5-16/h3-7,10,18-19H,8-9,11-14H2,1-2H3,(H,24,25). The summed E-state index contributed by atoms with van der Waals surface area (Å²) >= 11 is 0. The summed E-state index contributed by atoms with van der Waals surface area (Å²) in [5.74, 6) is -0.0724. The number of sulfonamides is 1. The molecule has 0 saturated carbocycles. The maximum absolute atomic E-state index is 13.2. The Hall–Kier alpha value is -2.72. The molecule has 172 valence electrons. The van der Waals surface area contributed by atoms with Gasteiger partial charge in [0.05, 0.1) is 6.26 Å². The van der Waals surface area contributed by atoms with E-state index in [4.69, 9.17) is 4.74 Å². The Morgan fingerprint density at radius 3 is 2.44 bits per heavy atom. The Labute approximate surface area is 187 Å². The maximum Gasteiger partial charge on any atom is 0.261 e. The fraction of sp³-hybridized carbons (Fsp3) is 0.455. The molecule has 1 aromatic heterocycles. The minimum absolute atomic E-state index is 0.0763. The number of pyridine rings is 1. The molecule has 10 heteroatoms. The summed E-state index contributed by atoms with van der Waals surface area (Å²) in [7, 11) is -3.53. The predicted molar refractivity (Wildman–Crippen MR) is 118 cm³/mol. The number of likely N-dealkylation sites (tertiary alicyclic amines) is 1. The lowest BCUT2D eigenvalue weighted by Crippen LogP contribution is -2.56. The van der Waals surface area contributed by atoms with Crippen LogP contribution in [0.15, 0.2) is 36.4 Å². The number of aryl methyl sites for hydroxylation is 1. The van der Waals surface area contributed by atoms with E-state index in [1.54, 1.807) is 31.2 Å². The van der Waals surface area contributed by atoms with Crippen LogP contribution in [0.25, 0.3) is 0 Å². The highest BCUT2D eigenvalue weighted by atomic mass is 32.2. The van der Waals surface area contributed by atoms with E-state index in [1.807, 2.05) is 4.90 Å². The van der Waals surface area contributed by atoms with E-state index in [0.29, 0.717) is 5.69 Å². The van der Waals surface area contributed by atoms with Crippen LogP contribution in [0.4, 0.5) is 10.2 Å². The third-order valence-corrected chi connectivity index (χ3v) is 6.36. The second-order valence-corrected chi connectivity index (χ2v) is 10.2. The number of piperazine rings is 1. The number of carbonyl (C=O) groups is 1. The van der Waals surface area contributed by atoms with Gasteiger partial charge in [0.2, 0.25) is 10.0 Å². The normalized spacial score (nSPS) is 20.9. The number of hydrogen-bond acceptors (Lipinski definition) is 6. The predicted octanol–water partition coefficient (Wildman–Crippen LogP) is 2.15. The quantitative estimate of drug-likeness (QED) is 0.678. The van der Waals surface area contributed by atoms with E-state index < -0.39 is 10.0 Å². The van der Waals surface area contributed by atoms with E-state index in [9.17, 15) is 17.6 Å². The molecule has 1 aromatic carbocycles. The monoisotopic (exact) mass is 462 g/mol. The van der Waals surface area contributed by atoms with E-state index in [-0.39, 0.29) is 42.0 Å². The number of halogens is 1. The van der Waals surface area contributed by atoms with E-state index in [1.165, 1.54) is 12.1 Å². The average Bonchev–Trinajstić information content (AvgIpc) is 2.98. The number of rotatable bonds is 7. The van der Waals surface area contributed by atoms with Crippen molar-refractivity contribution < 1.29 is 22.3 Å². The van der Waals surface area contributed by atoms with Gasteiger partial charge in [-0.3, -0.25) is 14.4 Å². The minimum atomic E-state index is -3.53. The lowest BCUT2D eigenvalue weighted by atomic mass is 10.1. The van der Waals surface area contributed by atoms with Crippen LogP contribution in [0.5, 0.6) is 5.75 Å². The van der Waals surface area contributed by atoms with Crippen molar-refractivity contribution >= 4 is 21.7 Å². The van der Waals surface area contributed by atoms with Crippen molar-refractivity contribution in [3.8, 4) is 5.75 Å². The zero-order valence-electron chi connectivity index (χ0n) is 18.1. The molecular formula is C22H27FN4O4S. The van der Waals surface area contributed by atoms with Crippen LogP contribution >= 0.6 is 0 Å². The Balaban J connectivity index is 1.38. The molecule has 2 atom stereocenters. The van der Waals surface area contributed by atoms with E-state index in [2.05, 4.69) is 14.6 Å². The van der Waals surface area contributed by atoms with Crippen molar-refractivity contribution in [3.63, 3.8) is 0 Å². The molecule has 2 unspecified atom stereocenters. The van der Waals surface area contributed by atoms with Gasteiger partial charge in [-0.15, -0.1) is 0 Å². The number of carbonyl (C=O) groups excluding carboxylic acids is 1. The Morgan fingerprint density at radius 1 is 1.16 bits per heavy atom. The van der Waals surface area contributed by atoms with Crippen LogP contribution in [0.2, 0.25) is 0 Å². The molecule has 8 nitrogen and oxygen atoms in total. The second-order valence-electron chi connectivity index (χ2n) is 8.47.